The molecule has 2 N–H and O–H groups in total. The zero-order chi connectivity index (χ0) is 20.3. The highest BCUT2D eigenvalue weighted by Gasteiger charge is 2.62. The molecule has 1 saturated heterocycles. The molecule has 2 aliphatic carbocycles. The van der Waals surface area contributed by atoms with E-state index in [1.54, 1.807) is 17.8 Å². The Balaban J connectivity index is 1.74. The van der Waals surface area contributed by atoms with Crippen LogP contribution in [0, 0.1) is 5.92 Å². The summed E-state index contributed by atoms with van der Waals surface area (Å²) >= 11 is 1.76. The summed E-state index contributed by atoms with van der Waals surface area (Å²) in [5.41, 5.74) is 1.17. The molecule has 0 spiro atoms. The van der Waals surface area contributed by atoms with Crippen molar-refractivity contribution in [2.24, 2.45) is 5.92 Å². The third kappa shape index (κ3) is 2.55. The van der Waals surface area contributed by atoms with Crippen LogP contribution in [0.25, 0.3) is 0 Å². The van der Waals surface area contributed by atoms with E-state index in [-0.39, 0.29) is 40.9 Å². The first-order valence-electron chi connectivity index (χ1n) is 9.72. The van der Waals surface area contributed by atoms with Crippen LogP contribution < -0.4 is 0 Å². The fourth-order valence-corrected chi connectivity index (χ4v) is 7.02. The maximum Gasteiger partial charge on any atom is 0.197 e. The van der Waals surface area contributed by atoms with Gasteiger partial charge in [0.15, 0.2) is 23.0 Å². The summed E-state index contributed by atoms with van der Waals surface area (Å²) in [6, 6.07) is 13.8. The number of carbonyl (C=O) groups excluding carboxylic acids is 1. The second kappa shape index (κ2) is 6.54. The van der Waals surface area contributed by atoms with Crippen molar-refractivity contribution in [1.82, 2.24) is 4.90 Å². The number of Topliss-reactive ketones (excluding diaryl/α,β-unsaturated/α-hetero) is 1. The molecule has 1 fully saturated rings. The molecule has 0 radical (unpaired) electrons. The SMILES string of the molecule is COC1=CC2[C@@H]3[C@H](Sc4ccccc4)c4ccc(O)c(O)c4[C@@]2(CC1=O)CN3C. The number of thioether (sulfide) groups is 1. The van der Waals surface area contributed by atoms with Gasteiger partial charge in [-0.25, -0.2) is 0 Å². The minimum Gasteiger partial charge on any atom is -0.504 e. The van der Waals surface area contributed by atoms with Crippen molar-refractivity contribution in [2.75, 3.05) is 20.7 Å². The molecule has 4 atom stereocenters. The molecule has 5 rings (SSSR count). The average molecular weight is 410 g/mol. The number of allylic oxidation sites excluding steroid dienone is 1. The third-order valence-electron chi connectivity index (χ3n) is 6.66. The maximum absolute atomic E-state index is 12.8. The summed E-state index contributed by atoms with van der Waals surface area (Å²) in [6.07, 6.45) is 2.22. The van der Waals surface area contributed by atoms with Gasteiger partial charge in [-0.15, -0.1) is 11.8 Å². The fourth-order valence-electron chi connectivity index (χ4n) is 5.57. The number of benzene rings is 2. The van der Waals surface area contributed by atoms with Gasteiger partial charge in [-0.1, -0.05) is 24.3 Å². The molecular weight excluding hydrogens is 386 g/mol. The van der Waals surface area contributed by atoms with Crippen molar-refractivity contribution in [3.05, 3.63) is 65.4 Å². The highest BCUT2D eigenvalue weighted by Crippen LogP contribution is 2.63. The van der Waals surface area contributed by atoms with Crippen LogP contribution in [-0.4, -0.2) is 47.6 Å². The summed E-state index contributed by atoms with van der Waals surface area (Å²) in [5.74, 6) is 0.129. The van der Waals surface area contributed by atoms with E-state index in [9.17, 15) is 15.0 Å². The van der Waals surface area contributed by atoms with Crippen LogP contribution in [0.15, 0.2) is 59.2 Å². The Morgan fingerprint density at radius 1 is 1.17 bits per heavy atom. The molecule has 1 heterocycles. The minimum atomic E-state index is -0.551. The number of carbonyl (C=O) groups is 1. The Kier molecular flexibility index (Phi) is 4.19. The molecule has 1 unspecified atom stereocenters. The van der Waals surface area contributed by atoms with Gasteiger partial charge in [0.1, 0.15) is 0 Å². The number of nitrogens with zero attached hydrogens (tertiary/aromatic N) is 1. The number of phenols is 2. The Morgan fingerprint density at radius 2 is 1.93 bits per heavy atom. The Morgan fingerprint density at radius 3 is 2.66 bits per heavy atom. The lowest BCUT2D eigenvalue weighted by Crippen LogP contribution is -2.46. The fraction of sp³-hybridized carbons (Fsp3) is 0.348. The number of likely N-dealkylation sites (N-methyl/N-ethyl adjacent to an activating group) is 1. The predicted molar refractivity (Wildman–Crippen MR) is 111 cm³/mol. The van der Waals surface area contributed by atoms with E-state index in [0.717, 1.165) is 16.0 Å². The first-order chi connectivity index (χ1) is 14.0. The standard InChI is InChI=1S/C23H23NO4S/c1-24-12-23-11-17(26)18(28-2)10-15(23)20(24)22(29-13-6-4-3-5-7-13)14-8-9-16(25)21(27)19(14)23/h3-10,15,20,22,25,27H,11-12H2,1-2H3/t15?,20-,22-,23+/m1/s1. The molecule has 2 bridgehead atoms. The molecule has 150 valence electrons. The third-order valence-corrected chi connectivity index (χ3v) is 7.99. The van der Waals surface area contributed by atoms with Crippen LogP contribution in [0.4, 0.5) is 0 Å². The number of phenolic OH excluding ortho intramolecular Hbond substituents is 2. The van der Waals surface area contributed by atoms with Crippen molar-refractivity contribution in [3.8, 4) is 11.5 Å². The molecule has 0 amide bonds. The lowest BCUT2D eigenvalue weighted by atomic mass is 9.59. The van der Waals surface area contributed by atoms with Crippen LogP contribution >= 0.6 is 11.8 Å². The smallest absolute Gasteiger partial charge is 0.197 e. The van der Waals surface area contributed by atoms with Gasteiger partial charge < -0.3 is 19.8 Å². The number of fused-ring (bicyclic) bond motifs is 1. The van der Waals surface area contributed by atoms with Gasteiger partial charge in [0.25, 0.3) is 0 Å². The molecule has 5 nitrogen and oxygen atoms in total. The van der Waals surface area contributed by atoms with E-state index in [4.69, 9.17) is 4.74 Å². The summed E-state index contributed by atoms with van der Waals surface area (Å²) in [5, 5.41) is 21.3. The number of ether oxygens (including phenoxy) is 1. The van der Waals surface area contributed by atoms with Gasteiger partial charge in [-0.3, -0.25) is 4.79 Å². The zero-order valence-electron chi connectivity index (χ0n) is 16.3. The van der Waals surface area contributed by atoms with Gasteiger partial charge in [0, 0.05) is 40.8 Å². The molecule has 0 saturated carbocycles. The Bertz CT molecular complexity index is 1020. The minimum absolute atomic E-state index is 0.0153. The van der Waals surface area contributed by atoms with Crippen molar-refractivity contribution >= 4 is 17.5 Å². The topological polar surface area (TPSA) is 70.0 Å². The number of rotatable bonds is 3. The van der Waals surface area contributed by atoms with Crippen LogP contribution in [0.3, 0.4) is 0 Å². The molecule has 6 heteroatoms. The Hall–Kier alpha value is -2.44. The van der Waals surface area contributed by atoms with E-state index in [1.807, 2.05) is 30.3 Å². The number of aromatic hydroxyl groups is 2. The lowest BCUT2D eigenvalue weighted by Gasteiger charge is -2.46. The number of methoxy groups -OCH3 is 1. The van der Waals surface area contributed by atoms with E-state index < -0.39 is 5.41 Å². The van der Waals surface area contributed by atoms with Crippen LogP contribution in [0.2, 0.25) is 0 Å². The monoisotopic (exact) mass is 409 g/mol. The average Bonchev–Trinajstić information content (AvgIpc) is 2.94. The van der Waals surface area contributed by atoms with Crippen LogP contribution in [0.5, 0.6) is 11.5 Å². The van der Waals surface area contributed by atoms with Crippen molar-refractivity contribution in [1.29, 1.82) is 0 Å². The van der Waals surface area contributed by atoms with Crippen molar-refractivity contribution in [3.63, 3.8) is 0 Å². The first-order valence-corrected chi connectivity index (χ1v) is 10.6. The molecule has 1 aliphatic heterocycles. The summed E-state index contributed by atoms with van der Waals surface area (Å²) in [4.78, 5) is 16.2. The lowest BCUT2D eigenvalue weighted by molar-refractivity contribution is -0.120. The number of hydrogen-bond acceptors (Lipinski definition) is 6. The van der Waals surface area contributed by atoms with Gasteiger partial charge in [-0.05, 0) is 36.9 Å². The maximum atomic E-state index is 12.8. The second-order valence-corrected chi connectivity index (χ2v) is 9.39. The first kappa shape index (κ1) is 18.6. The highest BCUT2D eigenvalue weighted by atomic mass is 32.2. The summed E-state index contributed by atoms with van der Waals surface area (Å²) < 4.78 is 5.38. The quantitative estimate of drug-likeness (QED) is 0.755. The zero-order valence-corrected chi connectivity index (χ0v) is 17.1. The highest BCUT2D eigenvalue weighted by molar-refractivity contribution is 7.99. The van der Waals surface area contributed by atoms with Gasteiger partial charge in [0.05, 0.1) is 12.4 Å². The molecule has 0 aromatic heterocycles. The van der Waals surface area contributed by atoms with E-state index in [1.165, 1.54) is 7.11 Å². The Labute approximate surface area is 174 Å². The molecule has 3 aliphatic rings. The summed E-state index contributed by atoms with van der Waals surface area (Å²) in [6.45, 7) is 0.650. The van der Waals surface area contributed by atoms with Gasteiger partial charge in [-0.2, -0.15) is 0 Å². The van der Waals surface area contributed by atoms with Crippen molar-refractivity contribution < 1.29 is 19.7 Å². The molecule has 2 aromatic carbocycles. The van der Waals surface area contributed by atoms with E-state index in [2.05, 4.69) is 24.1 Å². The summed E-state index contributed by atoms with van der Waals surface area (Å²) in [7, 11) is 3.61. The van der Waals surface area contributed by atoms with Crippen molar-refractivity contribution in [2.45, 2.75) is 28.0 Å². The normalized spacial score (nSPS) is 30.5. The molecule has 2 aromatic rings. The largest absolute Gasteiger partial charge is 0.504 e. The predicted octanol–water partition coefficient (Wildman–Crippen LogP) is 3.62. The molecular formula is C23H23NO4S. The van der Waals surface area contributed by atoms with Crippen LogP contribution in [0.1, 0.15) is 22.8 Å². The number of hydrogen-bond donors (Lipinski definition) is 2. The molecule has 29 heavy (non-hydrogen) atoms. The van der Waals surface area contributed by atoms with Gasteiger partial charge in [0.2, 0.25) is 0 Å². The van der Waals surface area contributed by atoms with E-state index >= 15 is 0 Å². The van der Waals surface area contributed by atoms with Gasteiger partial charge >= 0.3 is 0 Å². The number of ketones is 1. The number of likely N-dealkylation sites (tertiary alicyclic amines) is 1. The van der Waals surface area contributed by atoms with Crippen LogP contribution in [-0.2, 0) is 14.9 Å². The van der Waals surface area contributed by atoms with E-state index in [0.29, 0.717) is 12.3 Å². The second-order valence-electron chi connectivity index (χ2n) is 8.17.